The number of hydrogen-bond donors (Lipinski definition) is 0. The Kier molecular flexibility index (Phi) is 5.45. The van der Waals surface area contributed by atoms with E-state index in [4.69, 9.17) is 21.1 Å². The first-order chi connectivity index (χ1) is 14.1. The van der Waals surface area contributed by atoms with E-state index in [1.165, 1.54) is 5.56 Å². The Morgan fingerprint density at radius 1 is 1.00 bits per heavy atom. The number of para-hydroxylation sites is 1. The van der Waals surface area contributed by atoms with Gasteiger partial charge in [0.15, 0.2) is 5.70 Å². The van der Waals surface area contributed by atoms with Gasteiger partial charge in [0.05, 0.1) is 10.6 Å². The van der Waals surface area contributed by atoms with Crippen LogP contribution in [0.3, 0.4) is 0 Å². The van der Waals surface area contributed by atoms with Crippen LogP contribution in [0, 0.1) is 6.92 Å². The number of cyclic esters (lactones) is 1. The van der Waals surface area contributed by atoms with E-state index in [9.17, 15) is 4.79 Å². The summed E-state index contributed by atoms with van der Waals surface area (Å²) in [7, 11) is 0. The van der Waals surface area contributed by atoms with Gasteiger partial charge in [-0.15, -0.1) is 0 Å². The minimum atomic E-state index is -0.520. The van der Waals surface area contributed by atoms with Gasteiger partial charge in [0, 0.05) is 5.56 Å². The molecule has 4 rings (SSSR count). The normalized spacial score (nSPS) is 14.6. The molecule has 3 aromatic rings. The number of rotatable bonds is 5. The van der Waals surface area contributed by atoms with E-state index in [-0.39, 0.29) is 11.6 Å². The van der Waals surface area contributed by atoms with Crippen LogP contribution in [0.1, 0.15) is 22.3 Å². The minimum absolute atomic E-state index is 0.199. The molecule has 0 saturated heterocycles. The summed E-state index contributed by atoms with van der Waals surface area (Å²) in [5, 5.41) is 0.474. The van der Waals surface area contributed by atoms with Crippen LogP contribution in [0.5, 0.6) is 5.75 Å². The maximum Gasteiger partial charge on any atom is 0.363 e. The van der Waals surface area contributed by atoms with Gasteiger partial charge in [0.2, 0.25) is 5.90 Å². The third kappa shape index (κ3) is 4.39. The van der Waals surface area contributed by atoms with Crippen molar-refractivity contribution >= 4 is 29.5 Å². The average Bonchev–Trinajstić information content (AvgIpc) is 3.09. The first kappa shape index (κ1) is 19.0. The van der Waals surface area contributed by atoms with Gasteiger partial charge >= 0.3 is 5.97 Å². The Morgan fingerprint density at radius 2 is 1.72 bits per heavy atom. The largest absolute Gasteiger partial charge is 0.488 e. The summed E-state index contributed by atoms with van der Waals surface area (Å²) in [6.45, 7) is 2.48. The summed E-state index contributed by atoms with van der Waals surface area (Å²) < 4.78 is 11.3. The van der Waals surface area contributed by atoms with Crippen molar-refractivity contribution in [1.82, 2.24) is 0 Å². The number of esters is 1. The molecule has 1 aliphatic rings. The van der Waals surface area contributed by atoms with Crippen molar-refractivity contribution in [2.75, 3.05) is 0 Å². The van der Waals surface area contributed by atoms with E-state index in [1.807, 2.05) is 67.6 Å². The van der Waals surface area contributed by atoms with Crippen LogP contribution in [0.25, 0.3) is 6.08 Å². The molecule has 0 amide bonds. The monoisotopic (exact) mass is 403 g/mol. The second kappa shape index (κ2) is 8.33. The van der Waals surface area contributed by atoms with E-state index in [0.29, 0.717) is 22.9 Å². The van der Waals surface area contributed by atoms with E-state index >= 15 is 0 Å². The summed E-state index contributed by atoms with van der Waals surface area (Å²) in [6.07, 6.45) is 1.66. The smallest absolute Gasteiger partial charge is 0.363 e. The molecule has 1 aliphatic heterocycles. The van der Waals surface area contributed by atoms with Crippen molar-refractivity contribution in [2.24, 2.45) is 4.99 Å². The molecule has 0 N–H and O–H groups in total. The van der Waals surface area contributed by atoms with Crippen LogP contribution in [0.2, 0.25) is 5.02 Å². The highest BCUT2D eigenvalue weighted by molar-refractivity contribution is 6.34. The summed E-state index contributed by atoms with van der Waals surface area (Å²) in [6, 6.07) is 22.8. The molecule has 4 nitrogen and oxygen atoms in total. The molecule has 0 saturated carbocycles. The highest BCUT2D eigenvalue weighted by atomic mass is 35.5. The van der Waals surface area contributed by atoms with Gasteiger partial charge < -0.3 is 9.47 Å². The average molecular weight is 404 g/mol. The van der Waals surface area contributed by atoms with Gasteiger partial charge in [-0.25, -0.2) is 9.79 Å². The quantitative estimate of drug-likeness (QED) is 0.413. The molecule has 0 radical (unpaired) electrons. The topological polar surface area (TPSA) is 47.9 Å². The van der Waals surface area contributed by atoms with Gasteiger partial charge in [0.25, 0.3) is 0 Å². The summed E-state index contributed by atoms with van der Waals surface area (Å²) in [5.74, 6) is 0.341. The number of benzene rings is 3. The van der Waals surface area contributed by atoms with Crippen LogP contribution in [0.4, 0.5) is 0 Å². The molecule has 0 aromatic heterocycles. The van der Waals surface area contributed by atoms with Gasteiger partial charge in [-0.2, -0.15) is 0 Å². The Balaban J connectivity index is 1.58. The molecule has 1 heterocycles. The Hall–Kier alpha value is -3.37. The number of halogens is 1. The van der Waals surface area contributed by atoms with Crippen molar-refractivity contribution in [3.05, 3.63) is 106 Å². The number of hydrogen-bond acceptors (Lipinski definition) is 4. The summed E-state index contributed by atoms with van der Waals surface area (Å²) in [5.41, 5.74) is 3.79. The molecule has 0 aliphatic carbocycles. The number of carbonyl (C=O) groups excluding carboxylic acids is 1. The third-order valence-corrected chi connectivity index (χ3v) is 4.78. The molecule has 144 valence electrons. The zero-order valence-electron chi connectivity index (χ0n) is 15.8. The number of nitrogens with zero attached hydrogens (tertiary/aromatic N) is 1. The summed E-state index contributed by atoms with van der Waals surface area (Å²) in [4.78, 5) is 16.6. The SMILES string of the molecule is Cc1ccc(COc2ccccc2/C=C2\N=C(c3ccccc3Cl)OC2=O)cc1. The van der Waals surface area contributed by atoms with Crippen LogP contribution in [-0.4, -0.2) is 11.9 Å². The maximum atomic E-state index is 12.3. The molecule has 29 heavy (non-hydrogen) atoms. The highest BCUT2D eigenvalue weighted by Gasteiger charge is 2.25. The maximum absolute atomic E-state index is 12.3. The van der Waals surface area contributed by atoms with Crippen LogP contribution in [0.15, 0.2) is 83.5 Å². The zero-order valence-corrected chi connectivity index (χ0v) is 16.5. The Bertz CT molecular complexity index is 1120. The molecular weight excluding hydrogens is 386 g/mol. The number of ether oxygens (including phenoxy) is 2. The Morgan fingerprint density at radius 3 is 2.52 bits per heavy atom. The number of carbonyl (C=O) groups is 1. The van der Waals surface area contributed by atoms with E-state index in [0.717, 1.165) is 11.1 Å². The number of aliphatic imine (C=N–C) groups is 1. The predicted molar refractivity (Wildman–Crippen MR) is 114 cm³/mol. The van der Waals surface area contributed by atoms with Gasteiger partial charge in [0.1, 0.15) is 12.4 Å². The molecular formula is C24H18ClNO3. The molecule has 0 atom stereocenters. The third-order valence-electron chi connectivity index (χ3n) is 4.45. The van der Waals surface area contributed by atoms with Crippen molar-refractivity contribution in [1.29, 1.82) is 0 Å². The zero-order chi connectivity index (χ0) is 20.2. The first-order valence-corrected chi connectivity index (χ1v) is 9.53. The summed E-state index contributed by atoms with van der Waals surface area (Å²) >= 11 is 6.18. The number of aryl methyl sites for hydroxylation is 1. The fourth-order valence-corrected chi connectivity index (χ4v) is 3.10. The molecule has 5 heteroatoms. The predicted octanol–water partition coefficient (Wildman–Crippen LogP) is 5.57. The van der Waals surface area contributed by atoms with E-state index in [2.05, 4.69) is 4.99 Å². The molecule has 3 aromatic carbocycles. The minimum Gasteiger partial charge on any atom is -0.488 e. The molecule has 0 spiro atoms. The lowest BCUT2D eigenvalue weighted by Gasteiger charge is -2.09. The van der Waals surface area contributed by atoms with Crippen molar-refractivity contribution in [3.63, 3.8) is 0 Å². The second-order valence-corrected chi connectivity index (χ2v) is 7.04. The van der Waals surface area contributed by atoms with E-state index < -0.39 is 5.97 Å². The second-order valence-electron chi connectivity index (χ2n) is 6.63. The van der Waals surface area contributed by atoms with Crippen LogP contribution >= 0.6 is 11.6 Å². The van der Waals surface area contributed by atoms with Gasteiger partial charge in [-0.1, -0.05) is 71.8 Å². The standard InChI is InChI=1S/C24H18ClNO3/c1-16-10-12-17(13-11-16)15-28-22-9-5-2-6-18(22)14-21-24(27)29-23(26-21)19-7-3-4-8-20(19)25/h2-14H,15H2,1H3/b21-14-. The van der Waals surface area contributed by atoms with Crippen molar-refractivity contribution < 1.29 is 14.3 Å². The van der Waals surface area contributed by atoms with Crippen molar-refractivity contribution in [2.45, 2.75) is 13.5 Å². The molecule has 0 fully saturated rings. The van der Waals surface area contributed by atoms with Gasteiger partial charge in [-0.3, -0.25) is 0 Å². The lowest BCUT2D eigenvalue weighted by molar-refractivity contribution is -0.129. The lowest BCUT2D eigenvalue weighted by atomic mass is 10.1. The first-order valence-electron chi connectivity index (χ1n) is 9.15. The van der Waals surface area contributed by atoms with Crippen LogP contribution in [-0.2, 0) is 16.1 Å². The van der Waals surface area contributed by atoms with E-state index in [1.54, 1.807) is 18.2 Å². The Labute approximate surface area is 174 Å². The fourth-order valence-electron chi connectivity index (χ4n) is 2.88. The molecule has 0 bridgehead atoms. The van der Waals surface area contributed by atoms with Gasteiger partial charge in [-0.05, 0) is 36.8 Å². The highest BCUT2D eigenvalue weighted by Crippen LogP contribution is 2.27. The molecule has 0 unspecified atom stereocenters. The van der Waals surface area contributed by atoms with Crippen molar-refractivity contribution in [3.8, 4) is 5.75 Å². The fraction of sp³-hybridized carbons (Fsp3) is 0.0833. The lowest BCUT2D eigenvalue weighted by Crippen LogP contribution is -2.05. The van der Waals surface area contributed by atoms with Crippen LogP contribution < -0.4 is 4.74 Å².